The second-order valence-corrected chi connectivity index (χ2v) is 10.1. The van der Waals surface area contributed by atoms with Crippen LogP contribution in [0.15, 0.2) is 36.5 Å². The number of benzene rings is 1. The van der Waals surface area contributed by atoms with Gasteiger partial charge in [0.25, 0.3) is 5.91 Å². The van der Waals surface area contributed by atoms with Crippen LogP contribution in [0.5, 0.6) is 0 Å². The molecule has 0 unspecified atom stereocenters. The van der Waals surface area contributed by atoms with Gasteiger partial charge in [0, 0.05) is 6.04 Å². The summed E-state index contributed by atoms with van der Waals surface area (Å²) < 4.78 is 1.80. The van der Waals surface area contributed by atoms with Gasteiger partial charge in [0.1, 0.15) is 6.20 Å². The fourth-order valence-corrected chi connectivity index (χ4v) is 6.64. The number of aryl methyl sites for hydroxylation is 1. The molecule has 0 radical (unpaired) electrons. The molecule has 0 spiro atoms. The van der Waals surface area contributed by atoms with E-state index in [4.69, 9.17) is 0 Å². The highest BCUT2D eigenvalue weighted by Crippen LogP contribution is 2.58. The lowest BCUT2D eigenvalue weighted by molar-refractivity contribution is -0.385. The summed E-state index contributed by atoms with van der Waals surface area (Å²) in [4.78, 5) is 24.2. The molecule has 0 aliphatic heterocycles. The van der Waals surface area contributed by atoms with Crippen molar-refractivity contribution in [2.45, 2.75) is 69.9 Å². The highest BCUT2D eigenvalue weighted by molar-refractivity contribution is 5.96. The van der Waals surface area contributed by atoms with Crippen LogP contribution in [0.2, 0.25) is 0 Å². The summed E-state index contributed by atoms with van der Waals surface area (Å²) >= 11 is 0. The molecule has 7 heteroatoms. The van der Waals surface area contributed by atoms with Gasteiger partial charge in [-0.25, -0.2) is 0 Å². The first-order chi connectivity index (χ1) is 14.9. The number of amides is 1. The number of nitrogens with one attached hydrogen (secondary N) is 1. The molecule has 0 saturated heterocycles. The lowest BCUT2D eigenvalue weighted by Crippen LogP contribution is -2.52. The van der Waals surface area contributed by atoms with E-state index in [9.17, 15) is 14.9 Å². The largest absolute Gasteiger partial charge is 0.348 e. The molecule has 1 aromatic heterocycles. The Morgan fingerprint density at radius 1 is 1.19 bits per heavy atom. The maximum absolute atomic E-state index is 12.9. The minimum Gasteiger partial charge on any atom is -0.348 e. The molecule has 1 atom stereocenters. The summed E-state index contributed by atoms with van der Waals surface area (Å²) in [6.45, 7) is 1.93. The summed E-state index contributed by atoms with van der Waals surface area (Å²) in [7, 11) is 0. The van der Waals surface area contributed by atoms with Crippen molar-refractivity contribution in [2.24, 2.45) is 17.8 Å². The first-order valence-electron chi connectivity index (χ1n) is 11.5. The van der Waals surface area contributed by atoms with Gasteiger partial charge < -0.3 is 5.32 Å². The molecule has 1 amide bonds. The van der Waals surface area contributed by atoms with Gasteiger partial charge in [-0.15, -0.1) is 0 Å². The lowest BCUT2D eigenvalue weighted by atomic mass is 9.53. The normalized spacial score (nSPS) is 29.6. The van der Waals surface area contributed by atoms with Crippen LogP contribution in [0.1, 0.15) is 67.9 Å². The van der Waals surface area contributed by atoms with E-state index in [1.54, 1.807) is 4.68 Å². The Morgan fingerprint density at radius 3 is 2.39 bits per heavy atom. The van der Waals surface area contributed by atoms with Crippen molar-refractivity contribution >= 4 is 11.6 Å². The summed E-state index contributed by atoms with van der Waals surface area (Å²) in [5.41, 5.74) is 0.841. The summed E-state index contributed by atoms with van der Waals surface area (Å²) in [6, 6.07) is 10.0. The molecule has 1 N–H and O–H groups in total. The fraction of sp³-hybridized carbons (Fsp3) is 0.583. The van der Waals surface area contributed by atoms with Crippen LogP contribution in [0.4, 0.5) is 5.69 Å². The number of carbonyl (C=O) groups excluding carboxylic acids is 1. The van der Waals surface area contributed by atoms with E-state index in [0.717, 1.165) is 32.1 Å². The maximum atomic E-state index is 12.9. The van der Waals surface area contributed by atoms with Gasteiger partial charge in [-0.1, -0.05) is 30.3 Å². The van der Waals surface area contributed by atoms with E-state index in [2.05, 4.69) is 22.5 Å². The number of hydrogen-bond donors (Lipinski definition) is 1. The van der Waals surface area contributed by atoms with Crippen LogP contribution < -0.4 is 5.32 Å². The topological polar surface area (TPSA) is 90.1 Å². The Bertz CT molecular complexity index is 949. The zero-order valence-corrected chi connectivity index (χ0v) is 18.0. The first kappa shape index (κ1) is 20.2. The SMILES string of the molecule is C[C@@H](CCc1ccccc1)NC(=O)c1nn(C23CC4CC(CC(C4)C2)C3)cc1[N+](=O)[O-]. The predicted octanol–water partition coefficient (Wildman–Crippen LogP) is 4.47. The molecule has 7 nitrogen and oxygen atoms in total. The second kappa shape index (κ2) is 7.77. The van der Waals surface area contributed by atoms with E-state index in [1.807, 2.05) is 25.1 Å². The van der Waals surface area contributed by atoms with Crippen LogP contribution in [0.3, 0.4) is 0 Å². The van der Waals surface area contributed by atoms with Crippen molar-refractivity contribution < 1.29 is 9.72 Å². The fourth-order valence-electron chi connectivity index (χ4n) is 6.64. The van der Waals surface area contributed by atoms with Gasteiger partial charge in [-0.3, -0.25) is 19.6 Å². The van der Waals surface area contributed by atoms with Crippen LogP contribution in [-0.4, -0.2) is 26.7 Å². The average Bonchev–Trinajstić information content (AvgIpc) is 3.19. The zero-order chi connectivity index (χ0) is 21.6. The third-order valence-electron chi connectivity index (χ3n) is 7.68. The molecule has 1 heterocycles. The maximum Gasteiger partial charge on any atom is 0.320 e. The molecule has 4 saturated carbocycles. The second-order valence-electron chi connectivity index (χ2n) is 10.1. The van der Waals surface area contributed by atoms with E-state index in [1.165, 1.54) is 31.0 Å². The Morgan fingerprint density at radius 2 is 1.81 bits per heavy atom. The summed E-state index contributed by atoms with van der Waals surface area (Å²) in [5.74, 6) is 1.65. The molecule has 4 aliphatic carbocycles. The first-order valence-corrected chi connectivity index (χ1v) is 11.5. The molecule has 4 aliphatic rings. The molecule has 2 aromatic rings. The third kappa shape index (κ3) is 3.86. The minimum atomic E-state index is -0.465. The zero-order valence-electron chi connectivity index (χ0n) is 18.0. The molecule has 4 bridgehead atoms. The molecular formula is C24H30N4O3. The average molecular weight is 423 g/mol. The smallest absolute Gasteiger partial charge is 0.320 e. The van der Waals surface area contributed by atoms with Gasteiger partial charge in [0.15, 0.2) is 0 Å². The number of aromatic nitrogens is 2. The molecular weight excluding hydrogens is 392 g/mol. The lowest BCUT2D eigenvalue weighted by Gasteiger charge is -2.56. The number of nitro groups is 1. The van der Waals surface area contributed by atoms with Crippen LogP contribution in [0.25, 0.3) is 0 Å². The molecule has 6 rings (SSSR count). The van der Waals surface area contributed by atoms with Crippen molar-refractivity contribution in [3.8, 4) is 0 Å². The molecule has 31 heavy (non-hydrogen) atoms. The van der Waals surface area contributed by atoms with Gasteiger partial charge in [-0.2, -0.15) is 5.10 Å². The monoisotopic (exact) mass is 422 g/mol. The predicted molar refractivity (Wildman–Crippen MR) is 117 cm³/mol. The van der Waals surface area contributed by atoms with E-state index >= 15 is 0 Å². The standard InChI is InChI=1S/C24H30N4O3/c1-16(7-8-17-5-3-2-4-6-17)25-23(29)22-21(28(30)31)15-27(26-22)24-12-18-9-19(13-24)11-20(10-18)14-24/h2-6,15-16,18-20H,7-14H2,1H3,(H,25,29)/t16-,18?,19?,20?,24?/m0/s1. The van der Waals surface area contributed by atoms with Crippen molar-refractivity contribution in [2.75, 3.05) is 0 Å². The van der Waals surface area contributed by atoms with Gasteiger partial charge >= 0.3 is 5.69 Å². The third-order valence-corrected chi connectivity index (χ3v) is 7.68. The van der Waals surface area contributed by atoms with Crippen molar-refractivity contribution in [3.05, 3.63) is 57.9 Å². The number of hydrogen-bond acceptors (Lipinski definition) is 4. The van der Waals surface area contributed by atoms with Gasteiger partial charge in [0.05, 0.1) is 10.5 Å². The molecule has 4 fully saturated rings. The Labute approximate surface area is 182 Å². The van der Waals surface area contributed by atoms with Crippen LogP contribution >= 0.6 is 0 Å². The van der Waals surface area contributed by atoms with Crippen LogP contribution in [0, 0.1) is 27.9 Å². The van der Waals surface area contributed by atoms with E-state index in [0.29, 0.717) is 17.8 Å². The number of carbonyl (C=O) groups is 1. The number of rotatable bonds is 7. The van der Waals surface area contributed by atoms with Crippen LogP contribution in [-0.2, 0) is 12.0 Å². The molecule has 164 valence electrons. The summed E-state index contributed by atoms with van der Waals surface area (Å²) in [6.07, 6.45) is 10.1. The molecule has 1 aromatic carbocycles. The Hall–Kier alpha value is -2.70. The highest BCUT2D eigenvalue weighted by atomic mass is 16.6. The van der Waals surface area contributed by atoms with Crippen molar-refractivity contribution in [1.82, 2.24) is 15.1 Å². The van der Waals surface area contributed by atoms with Gasteiger partial charge in [0.2, 0.25) is 5.69 Å². The van der Waals surface area contributed by atoms with Crippen molar-refractivity contribution in [1.29, 1.82) is 0 Å². The van der Waals surface area contributed by atoms with Gasteiger partial charge in [-0.05, 0) is 81.6 Å². The number of nitrogens with zero attached hydrogens (tertiary/aromatic N) is 3. The Balaban J connectivity index is 1.32. The van der Waals surface area contributed by atoms with E-state index in [-0.39, 0.29) is 23.0 Å². The summed E-state index contributed by atoms with van der Waals surface area (Å²) in [5, 5.41) is 19.2. The van der Waals surface area contributed by atoms with Crippen molar-refractivity contribution in [3.63, 3.8) is 0 Å². The van der Waals surface area contributed by atoms with E-state index < -0.39 is 10.8 Å². The Kier molecular flexibility index (Phi) is 5.07. The minimum absolute atomic E-state index is 0.0488. The quantitative estimate of drug-likeness (QED) is 0.527. The highest BCUT2D eigenvalue weighted by Gasteiger charge is 2.53.